The minimum Gasteiger partial charge on any atom is -0.510 e. The molecule has 0 aromatic heterocycles. The van der Waals surface area contributed by atoms with Crippen LogP contribution < -0.4 is 11.1 Å². The lowest BCUT2D eigenvalue weighted by Crippen LogP contribution is -2.63. The first-order valence-electron chi connectivity index (χ1n) is 13.7. The molecule has 0 unspecified atom stereocenters. The fourth-order valence-corrected chi connectivity index (χ4v) is 6.74. The maximum absolute atomic E-state index is 13.9. The molecule has 2 aromatic rings. The van der Waals surface area contributed by atoms with Gasteiger partial charge < -0.3 is 36.4 Å². The molecule has 3 aliphatic rings. The summed E-state index contributed by atoms with van der Waals surface area (Å²) in [5.41, 5.74) is 4.01. The summed E-state index contributed by atoms with van der Waals surface area (Å²) in [5.74, 6) is -7.13. The Bertz CT molecular complexity index is 1620. The number of rotatable bonds is 6. The number of allylic oxidation sites excluding steroid dienone is 1. The van der Waals surface area contributed by atoms with Gasteiger partial charge in [0.25, 0.3) is 5.91 Å². The van der Waals surface area contributed by atoms with E-state index >= 15 is 0 Å². The Morgan fingerprint density at radius 2 is 1.67 bits per heavy atom. The molecule has 3 aliphatic carbocycles. The molecular weight excluding hydrogens is 556 g/mol. The van der Waals surface area contributed by atoms with E-state index in [9.17, 15) is 39.6 Å². The minimum absolute atomic E-state index is 0.00228. The second kappa shape index (κ2) is 10.6. The van der Waals surface area contributed by atoms with Crippen molar-refractivity contribution in [2.45, 2.75) is 24.5 Å². The van der Waals surface area contributed by atoms with Crippen molar-refractivity contribution < 1.29 is 39.6 Å². The molecule has 0 saturated heterocycles. The standard InChI is InChI=1S/C31H34N4O8/c1-34(2)13-21(37)33-16-7-5-14(6-8-16)17-9-10-20(36)23-18(17)11-15-12-19-25(35(3)4)27(39)24(30(32)42)29(41)31(19,43)28(40)22(15)26(23)38/h5-10,15,19,25,36,39-40,43H,11-13H2,1-4H3,(H2,32,42)(H,33,37)/t15-,19-,25-,31-/m1/s1. The molecule has 0 radical (unpaired) electrons. The quantitative estimate of drug-likeness (QED) is 0.267. The molecular formula is C31H34N4O8. The van der Waals surface area contributed by atoms with Crippen LogP contribution in [0.25, 0.3) is 11.1 Å². The van der Waals surface area contributed by atoms with Crippen molar-refractivity contribution in [3.63, 3.8) is 0 Å². The van der Waals surface area contributed by atoms with Gasteiger partial charge in [0.2, 0.25) is 11.7 Å². The molecule has 0 spiro atoms. The maximum Gasteiger partial charge on any atom is 0.255 e. The number of nitrogens with two attached hydrogens (primary N) is 1. The fourth-order valence-electron chi connectivity index (χ4n) is 6.74. The Balaban J connectivity index is 1.59. The molecule has 12 nitrogen and oxygen atoms in total. The van der Waals surface area contributed by atoms with Crippen LogP contribution in [-0.2, 0) is 20.8 Å². The topological polar surface area (TPSA) is 194 Å². The first kappa shape index (κ1) is 30.0. The van der Waals surface area contributed by atoms with E-state index in [1.165, 1.54) is 11.0 Å². The van der Waals surface area contributed by atoms with Gasteiger partial charge in [0.15, 0.2) is 11.4 Å². The lowest BCUT2D eigenvalue weighted by Gasteiger charge is -2.50. The molecule has 0 bridgehead atoms. The summed E-state index contributed by atoms with van der Waals surface area (Å²) >= 11 is 0. The van der Waals surface area contributed by atoms with Gasteiger partial charge >= 0.3 is 0 Å². The van der Waals surface area contributed by atoms with Crippen LogP contribution in [0.5, 0.6) is 5.75 Å². The van der Waals surface area contributed by atoms with Gasteiger partial charge in [-0.1, -0.05) is 18.2 Å². The van der Waals surface area contributed by atoms with Gasteiger partial charge in [0.1, 0.15) is 22.8 Å². The number of hydrogen-bond acceptors (Lipinski definition) is 10. The molecule has 0 fully saturated rings. The highest BCUT2D eigenvalue weighted by molar-refractivity contribution is 6.25. The third-order valence-electron chi connectivity index (χ3n) is 8.55. The van der Waals surface area contributed by atoms with E-state index in [2.05, 4.69) is 5.32 Å². The van der Waals surface area contributed by atoms with Crippen molar-refractivity contribution in [1.82, 2.24) is 9.80 Å². The highest BCUT2D eigenvalue weighted by Gasteiger charge is 2.63. The number of phenolic OH excluding ortho intramolecular Hbond substituents is 1. The largest absolute Gasteiger partial charge is 0.510 e. The first-order chi connectivity index (χ1) is 20.2. The summed E-state index contributed by atoms with van der Waals surface area (Å²) in [5, 5.41) is 47.7. The predicted octanol–water partition coefficient (Wildman–Crippen LogP) is 1.29. The highest BCUT2D eigenvalue weighted by atomic mass is 16.3. The average molecular weight is 591 g/mol. The molecule has 2 aromatic carbocycles. The zero-order chi connectivity index (χ0) is 31.5. The Morgan fingerprint density at radius 1 is 1.02 bits per heavy atom. The van der Waals surface area contributed by atoms with Gasteiger partial charge in [0, 0.05) is 17.2 Å². The number of Topliss-reactive ketones (excluding diaryl/α,β-unsaturated/α-hetero) is 2. The smallest absolute Gasteiger partial charge is 0.255 e. The van der Waals surface area contributed by atoms with Crippen LogP contribution >= 0.6 is 0 Å². The van der Waals surface area contributed by atoms with Gasteiger partial charge in [-0.25, -0.2) is 0 Å². The van der Waals surface area contributed by atoms with Crippen LogP contribution in [0.1, 0.15) is 22.3 Å². The number of aromatic hydroxyl groups is 1. The number of phenols is 1. The molecule has 0 saturated carbocycles. The Hall–Kier alpha value is -4.52. The number of hydrogen-bond donors (Lipinski definition) is 6. The van der Waals surface area contributed by atoms with Crippen LogP contribution in [0.2, 0.25) is 0 Å². The number of nitrogens with one attached hydrogen (secondary N) is 1. The van der Waals surface area contributed by atoms with E-state index in [1.807, 2.05) is 0 Å². The van der Waals surface area contributed by atoms with E-state index in [1.54, 1.807) is 63.4 Å². The summed E-state index contributed by atoms with van der Waals surface area (Å²) < 4.78 is 0. The lowest BCUT2D eigenvalue weighted by molar-refractivity contribution is -0.148. The number of anilines is 1. The third kappa shape index (κ3) is 4.67. The molecule has 0 heterocycles. The second-order valence-corrected chi connectivity index (χ2v) is 11.8. The van der Waals surface area contributed by atoms with E-state index in [4.69, 9.17) is 5.73 Å². The molecule has 5 rings (SSSR count). The van der Waals surface area contributed by atoms with Gasteiger partial charge in [-0.15, -0.1) is 0 Å². The average Bonchev–Trinajstić information content (AvgIpc) is 2.90. The fraction of sp³-hybridized carbons (Fsp3) is 0.355. The summed E-state index contributed by atoms with van der Waals surface area (Å²) in [6.07, 6.45) is 0.164. The van der Waals surface area contributed by atoms with Crippen LogP contribution in [0, 0.1) is 11.8 Å². The molecule has 0 aliphatic heterocycles. The van der Waals surface area contributed by atoms with E-state index < -0.39 is 58.0 Å². The summed E-state index contributed by atoms with van der Waals surface area (Å²) in [6, 6.07) is 8.98. The van der Waals surface area contributed by atoms with Gasteiger partial charge in [0.05, 0.1) is 18.2 Å². The number of ketones is 2. The number of primary amides is 1. The minimum atomic E-state index is -2.69. The number of aliphatic hydroxyl groups is 3. The predicted molar refractivity (Wildman–Crippen MR) is 156 cm³/mol. The SMILES string of the molecule is CN(C)CC(=O)Nc1ccc(-c2ccc(O)c3c2C[C@@H]2C[C@@H]4[C@@H](N(C)C)C(O)=C(C(N)=O)C(=O)[C@]4(O)C(O)=C2C3=O)cc1. The van der Waals surface area contributed by atoms with Crippen molar-refractivity contribution in [2.24, 2.45) is 17.6 Å². The number of likely N-dealkylation sites (N-methyl/N-ethyl adjacent to an activating group) is 2. The number of benzene rings is 2. The zero-order valence-corrected chi connectivity index (χ0v) is 24.2. The van der Waals surface area contributed by atoms with Crippen LogP contribution in [0.3, 0.4) is 0 Å². The van der Waals surface area contributed by atoms with Crippen molar-refractivity contribution in [1.29, 1.82) is 0 Å². The van der Waals surface area contributed by atoms with Crippen molar-refractivity contribution in [3.8, 4) is 16.9 Å². The molecule has 4 atom stereocenters. The third-order valence-corrected chi connectivity index (χ3v) is 8.55. The maximum atomic E-state index is 13.9. The molecule has 43 heavy (non-hydrogen) atoms. The Morgan fingerprint density at radius 3 is 2.26 bits per heavy atom. The number of nitrogens with zero attached hydrogens (tertiary/aromatic N) is 2. The Labute approximate surface area is 247 Å². The van der Waals surface area contributed by atoms with Gasteiger partial charge in [-0.05, 0) is 81.8 Å². The van der Waals surface area contributed by atoms with E-state index in [0.29, 0.717) is 22.4 Å². The first-order valence-corrected chi connectivity index (χ1v) is 13.7. The van der Waals surface area contributed by atoms with Crippen molar-refractivity contribution >= 4 is 29.1 Å². The number of amides is 2. The van der Waals surface area contributed by atoms with Gasteiger partial charge in [-0.2, -0.15) is 0 Å². The molecule has 12 heteroatoms. The monoisotopic (exact) mass is 590 g/mol. The van der Waals surface area contributed by atoms with Crippen LogP contribution in [-0.4, -0.2) is 100.0 Å². The molecule has 226 valence electrons. The summed E-state index contributed by atoms with van der Waals surface area (Å²) in [7, 11) is 6.73. The Kier molecular flexibility index (Phi) is 7.41. The summed E-state index contributed by atoms with van der Waals surface area (Å²) in [6.45, 7) is 0.215. The van der Waals surface area contributed by atoms with Crippen LogP contribution in [0.15, 0.2) is 59.1 Å². The summed E-state index contributed by atoms with van der Waals surface area (Å²) in [4.78, 5) is 54.9. The van der Waals surface area contributed by atoms with E-state index in [0.717, 1.165) is 0 Å². The van der Waals surface area contributed by atoms with Crippen molar-refractivity contribution in [2.75, 3.05) is 40.1 Å². The normalized spacial score (nSPS) is 25.0. The molecule has 2 amide bonds. The second-order valence-electron chi connectivity index (χ2n) is 11.8. The number of fused-ring (bicyclic) bond motifs is 3. The van der Waals surface area contributed by atoms with Crippen molar-refractivity contribution in [3.05, 3.63) is 70.2 Å². The lowest BCUT2D eigenvalue weighted by atomic mass is 9.58. The highest BCUT2D eigenvalue weighted by Crippen LogP contribution is 2.53. The van der Waals surface area contributed by atoms with E-state index in [-0.39, 0.29) is 42.2 Å². The molecule has 7 N–H and O–H groups in total. The number of aliphatic hydroxyl groups excluding tert-OH is 2. The number of carbonyl (C=O) groups is 4. The van der Waals surface area contributed by atoms with Gasteiger partial charge in [-0.3, -0.25) is 24.1 Å². The van der Waals surface area contributed by atoms with Crippen LogP contribution in [0.4, 0.5) is 5.69 Å². The zero-order valence-electron chi connectivity index (χ0n) is 24.2. The number of carbonyl (C=O) groups excluding carboxylic acids is 4.